The Morgan fingerprint density at radius 3 is 2.30 bits per heavy atom. The van der Waals surface area contributed by atoms with Crippen molar-refractivity contribution in [1.82, 2.24) is 20.9 Å². The number of fused-ring (bicyclic) bond motifs is 1. The number of rotatable bonds is 7. The van der Waals surface area contributed by atoms with Gasteiger partial charge in [0.25, 0.3) is 0 Å². The molecule has 0 aromatic carbocycles. The molecule has 0 aromatic rings. The fourth-order valence-corrected chi connectivity index (χ4v) is 6.96. The molecule has 7 atom stereocenters. The van der Waals surface area contributed by atoms with Gasteiger partial charge in [-0.25, -0.2) is 0 Å². The fraction of sp³-hybridized carbons (Fsp3) is 0.815. The molecule has 13 heteroatoms. The summed E-state index contributed by atoms with van der Waals surface area (Å²) < 4.78 is 45.2. The molecule has 3 saturated heterocycles. The molecule has 40 heavy (non-hydrogen) atoms. The van der Waals surface area contributed by atoms with Crippen LogP contribution in [0.2, 0.25) is 0 Å². The molecule has 0 spiro atoms. The Morgan fingerprint density at radius 2 is 1.80 bits per heavy atom. The molecule has 0 radical (unpaired) electrons. The molecular weight excluding hydrogens is 531 g/mol. The summed E-state index contributed by atoms with van der Waals surface area (Å²) in [4.78, 5) is 53.0. The molecule has 4 fully saturated rings. The summed E-state index contributed by atoms with van der Waals surface area (Å²) in [5.74, 6) is -5.34. The molecular formula is C27H38F3N5O5. The fourth-order valence-electron chi connectivity index (χ4n) is 6.96. The molecule has 3 N–H and O–H groups in total. The van der Waals surface area contributed by atoms with E-state index in [-0.39, 0.29) is 49.2 Å². The predicted octanol–water partition coefficient (Wildman–Crippen LogP) is 1.64. The highest BCUT2D eigenvalue weighted by atomic mass is 19.4. The standard InChI is InChI=1S/C27H38F3N5O5/c1-24(2)8-13(20(36)34-24)7-15(10-31)32-21(37)19-17-16(26(17,5)6)11-35(19)22(38)18(33-23(39)27(28,29)30)14-9-25(3,4)40-12-14/h13-19H,7-9,11-12H2,1-6H3,(H,32,37)(H,33,39)(H,34,36)/t13-,14?,15+,16+,17+,18+,19+/m1/s1. The van der Waals surface area contributed by atoms with Crippen LogP contribution in [-0.2, 0) is 23.9 Å². The lowest BCUT2D eigenvalue weighted by Gasteiger charge is -2.35. The quantitative estimate of drug-likeness (QED) is 0.426. The maximum atomic E-state index is 13.8. The second-order valence-electron chi connectivity index (χ2n) is 13.6. The Labute approximate surface area is 231 Å². The van der Waals surface area contributed by atoms with Crippen LogP contribution in [0.1, 0.15) is 60.8 Å². The lowest BCUT2D eigenvalue weighted by Crippen LogP contribution is -2.59. The van der Waals surface area contributed by atoms with Crippen LogP contribution in [0.3, 0.4) is 0 Å². The SMILES string of the molecule is CC1(C)C[C@@H](C[C@@H](C#N)NC(=O)[C@@H]2[C@@H]3[C@H](CN2C(=O)[C@@H](NC(=O)C(F)(F)F)C2COC(C)(C)C2)C3(C)C)C(=O)N1. The van der Waals surface area contributed by atoms with Gasteiger partial charge in [-0.2, -0.15) is 18.4 Å². The van der Waals surface area contributed by atoms with Crippen LogP contribution in [0, 0.1) is 40.4 Å². The number of likely N-dealkylation sites (tertiary alicyclic amines) is 1. The lowest BCUT2D eigenvalue weighted by molar-refractivity contribution is -0.175. The first-order valence-corrected chi connectivity index (χ1v) is 13.6. The molecule has 0 aromatic heterocycles. The van der Waals surface area contributed by atoms with E-state index in [0.717, 1.165) is 0 Å². The molecule has 1 saturated carbocycles. The minimum atomic E-state index is -5.19. The van der Waals surface area contributed by atoms with Crippen LogP contribution in [-0.4, -0.2) is 77.1 Å². The van der Waals surface area contributed by atoms with Gasteiger partial charge in [0.2, 0.25) is 17.7 Å². The van der Waals surface area contributed by atoms with Gasteiger partial charge in [-0.1, -0.05) is 13.8 Å². The minimum Gasteiger partial charge on any atom is -0.375 e. The third-order valence-corrected chi connectivity index (χ3v) is 9.07. The van der Waals surface area contributed by atoms with E-state index >= 15 is 0 Å². The molecule has 1 unspecified atom stereocenters. The summed E-state index contributed by atoms with van der Waals surface area (Å²) in [5, 5.41) is 17.2. The van der Waals surface area contributed by atoms with E-state index in [4.69, 9.17) is 4.74 Å². The molecule has 4 amide bonds. The number of hydrogen-bond acceptors (Lipinski definition) is 6. The largest absolute Gasteiger partial charge is 0.471 e. The zero-order valence-corrected chi connectivity index (χ0v) is 23.6. The topological polar surface area (TPSA) is 141 Å². The number of nitrogens with zero attached hydrogens (tertiary/aromatic N) is 2. The second-order valence-corrected chi connectivity index (χ2v) is 13.6. The van der Waals surface area contributed by atoms with Gasteiger partial charge in [0.15, 0.2) is 0 Å². The van der Waals surface area contributed by atoms with Gasteiger partial charge in [-0.15, -0.1) is 0 Å². The summed E-state index contributed by atoms with van der Waals surface area (Å²) in [6.07, 6.45) is -4.37. The number of nitrogens with one attached hydrogen (secondary N) is 3. The van der Waals surface area contributed by atoms with E-state index in [0.29, 0.717) is 6.42 Å². The van der Waals surface area contributed by atoms with Crippen LogP contribution in [0.25, 0.3) is 0 Å². The zero-order chi connectivity index (χ0) is 30.0. The predicted molar refractivity (Wildman–Crippen MR) is 135 cm³/mol. The van der Waals surface area contributed by atoms with E-state index in [2.05, 4.69) is 10.6 Å². The maximum Gasteiger partial charge on any atom is 0.471 e. The van der Waals surface area contributed by atoms with Crippen LogP contribution in [0.5, 0.6) is 0 Å². The number of carbonyl (C=O) groups excluding carboxylic acids is 4. The third-order valence-electron chi connectivity index (χ3n) is 9.07. The molecule has 4 aliphatic rings. The summed E-state index contributed by atoms with van der Waals surface area (Å²) in [7, 11) is 0. The van der Waals surface area contributed by atoms with Crippen molar-refractivity contribution >= 4 is 23.6 Å². The van der Waals surface area contributed by atoms with Gasteiger partial charge in [0.05, 0.1) is 18.3 Å². The van der Waals surface area contributed by atoms with E-state index in [9.17, 15) is 37.6 Å². The van der Waals surface area contributed by atoms with Gasteiger partial charge in [0.1, 0.15) is 18.1 Å². The van der Waals surface area contributed by atoms with Crippen molar-refractivity contribution in [3.63, 3.8) is 0 Å². The van der Waals surface area contributed by atoms with Crippen molar-refractivity contribution in [2.45, 2.75) is 96.2 Å². The monoisotopic (exact) mass is 569 g/mol. The molecule has 1 aliphatic carbocycles. The molecule has 3 aliphatic heterocycles. The van der Waals surface area contributed by atoms with Crippen molar-refractivity contribution in [1.29, 1.82) is 5.26 Å². The summed E-state index contributed by atoms with van der Waals surface area (Å²) in [6, 6.07) is -1.54. The molecule has 10 nitrogen and oxygen atoms in total. The Kier molecular flexibility index (Phi) is 7.44. The van der Waals surface area contributed by atoms with Crippen LogP contribution < -0.4 is 16.0 Å². The van der Waals surface area contributed by atoms with Crippen molar-refractivity contribution in [2.24, 2.45) is 29.1 Å². The van der Waals surface area contributed by atoms with E-state index in [1.54, 1.807) is 13.8 Å². The van der Waals surface area contributed by atoms with Crippen LogP contribution in [0.15, 0.2) is 0 Å². The number of carbonyl (C=O) groups is 4. The summed E-state index contributed by atoms with van der Waals surface area (Å²) in [6.45, 7) is 11.2. The smallest absolute Gasteiger partial charge is 0.375 e. The van der Waals surface area contributed by atoms with Crippen LogP contribution >= 0.6 is 0 Å². The first-order chi connectivity index (χ1) is 18.3. The first-order valence-electron chi connectivity index (χ1n) is 13.6. The minimum absolute atomic E-state index is 0.0269. The molecule has 0 bridgehead atoms. The first kappa shape index (κ1) is 30.1. The molecule has 3 heterocycles. The van der Waals surface area contributed by atoms with Gasteiger partial charge in [-0.05, 0) is 64.2 Å². The van der Waals surface area contributed by atoms with E-state index in [1.165, 1.54) is 4.90 Å². The van der Waals surface area contributed by atoms with Crippen molar-refractivity contribution in [3.05, 3.63) is 0 Å². The van der Waals surface area contributed by atoms with E-state index in [1.807, 2.05) is 39.1 Å². The van der Waals surface area contributed by atoms with Gasteiger partial charge in [0, 0.05) is 23.9 Å². The number of piperidine rings is 1. The average Bonchev–Trinajstić information content (AvgIpc) is 3.21. The Bertz CT molecular complexity index is 1130. The highest BCUT2D eigenvalue weighted by Gasteiger charge is 2.70. The number of ether oxygens (including phenoxy) is 1. The average molecular weight is 570 g/mol. The summed E-state index contributed by atoms with van der Waals surface area (Å²) >= 11 is 0. The van der Waals surface area contributed by atoms with Gasteiger partial charge >= 0.3 is 12.1 Å². The maximum absolute atomic E-state index is 13.8. The molecule has 4 rings (SSSR count). The third kappa shape index (κ3) is 5.78. The number of hydrogen-bond donors (Lipinski definition) is 3. The van der Waals surface area contributed by atoms with E-state index < -0.39 is 65.0 Å². The Hall–Kier alpha value is -2.88. The highest BCUT2D eigenvalue weighted by molar-refractivity contribution is 5.94. The summed E-state index contributed by atoms with van der Waals surface area (Å²) in [5.41, 5.74) is -1.42. The van der Waals surface area contributed by atoms with Gasteiger partial charge < -0.3 is 25.6 Å². The van der Waals surface area contributed by atoms with Gasteiger partial charge in [-0.3, -0.25) is 19.2 Å². The highest BCUT2D eigenvalue weighted by Crippen LogP contribution is 2.65. The number of nitriles is 1. The number of alkyl halides is 3. The van der Waals surface area contributed by atoms with Crippen molar-refractivity contribution in [2.75, 3.05) is 13.2 Å². The number of halogens is 3. The Balaban J connectivity index is 1.54. The van der Waals surface area contributed by atoms with Crippen LogP contribution in [0.4, 0.5) is 13.2 Å². The number of amides is 4. The normalized spacial score (nSPS) is 32.9. The molecule has 222 valence electrons. The van der Waals surface area contributed by atoms with Crippen molar-refractivity contribution in [3.8, 4) is 6.07 Å². The second kappa shape index (κ2) is 9.89. The lowest BCUT2D eigenvalue weighted by atomic mass is 9.89. The Morgan fingerprint density at radius 1 is 1.15 bits per heavy atom. The van der Waals surface area contributed by atoms with Crippen molar-refractivity contribution < 1.29 is 37.1 Å². The zero-order valence-electron chi connectivity index (χ0n) is 23.6.